The Morgan fingerprint density at radius 3 is 2.95 bits per heavy atom. The van der Waals surface area contributed by atoms with Gasteiger partial charge in [-0.25, -0.2) is 9.50 Å². The Labute approximate surface area is 107 Å². The molecule has 1 unspecified atom stereocenters. The Balaban J connectivity index is 2.17. The van der Waals surface area contributed by atoms with Crippen LogP contribution in [0.2, 0.25) is 0 Å². The summed E-state index contributed by atoms with van der Waals surface area (Å²) in [6.45, 7) is 1.42. The Kier molecular flexibility index (Phi) is 3.38. The molecule has 0 fully saturated rings. The van der Waals surface area contributed by atoms with Crippen LogP contribution in [-0.4, -0.2) is 49.2 Å². The van der Waals surface area contributed by atoms with Crippen LogP contribution in [0, 0.1) is 6.92 Å². The number of nitrogens with one attached hydrogen (secondary N) is 1. The normalized spacial score (nSPS) is 12.3. The van der Waals surface area contributed by atoms with E-state index in [2.05, 4.69) is 20.4 Å². The Hall–Kier alpha value is -2.55. The standard InChI is InChI=1S/C10H12N6O3/c1-5-6(2-13-10-14-4-15-16(5)10)9(19)12-3-7(17)8(11)18/h2,4,7,17H,3H2,1H3,(H2,11,18)(H,12,19). The minimum absolute atomic E-state index is 0.261. The number of primary amides is 1. The summed E-state index contributed by atoms with van der Waals surface area (Å²) in [7, 11) is 0. The molecule has 19 heavy (non-hydrogen) atoms. The van der Waals surface area contributed by atoms with E-state index in [0.717, 1.165) is 0 Å². The summed E-state index contributed by atoms with van der Waals surface area (Å²) in [4.78, 5) is 30.4. The Morgan fingerprint density at radius 2 is 2.26 bits per heavy atom. The van der Waals surface area contributed by atoms with Crippen LogP contribution >= 0.6 is 0 Å². The molecule has 0 aliphatic heterocycles. The van der Waals surface area contributed by atoms with Gasteiger partial charge in [0.25, 0.3) is 11.7 Å². The van der Waals surface area contributed by atoms with Gasteiger partial charge in [-0.3, -0.25) is 9.59 Å². The number of amides is 2. The highest BCUT2D eigenvalue weighted by Gasteiger charge is 2.16. The monoisotopic (exact) mass is 264 g/mol. The SMILES string of the molecule is Cc1c(C(=O)NCC(O)C(N)=O)cnc2ncnn12. The van der Waals surface area contributed by atoms with Gasteiger partial charge in [0.1, 0.15) is 12.4 Å². The molecule has 0 aromatic carbocycles. The number of aliphatic hydroxyl groups is 1. The van der Waals surface area contributed by atoms with Crippen molar-refractivity contribution in [2.24, 2.45) is 5.73 Å². The van der Waals surface area contributed by atoms with Crippen molar-refractivity contribution in [2.75, 3.05) is 6.54 Å². The summed E-state index contributed by atoms with van der Waals surface area (Å²) in [5, 5.41) is 15.5. The van der Waals surface area contributed by atoms with Gasteiger partial charge in [-0.1, -0.05) is 0 Å². The molecule has 100 valence electrons. The zero-order chi connectivity index (χ0) is 14.0. The molecule has 2 aromatic rings. The molecule has 2 aromatic heterocycles. The van der Waals surface area contributed by atoms with Crippen molar-refractivity contribution in [3.8, 4) is 0 Å². The molecule has 9 nitrogen and oxygen atoms in total. The third-order valence-corrected chi connectivity index (χ3v) is 2.58. The highest BCUT2D eigenvalue weighted by molar-refractivity contribution is 5.95. The van der Waals surface area contributed by atoms with Crippen LogP contribution in [0.15, 0.2) is 12.5 Å². The molecule has 0 spiro atoms. The molecule has 1 atom stereocenters. The number of carbonyl (C=O) groups is 2. The first kappa shape index (κ1) is 12.9. The van der Waals surface area contributed by atoms with Gasteiger partial charge in [0, 0.05) is 6.20 Å². The molecule has 0 saturated carbocycles. The second-order valence-corrected chi connectivity index (χ2v) is 3.86. The lowest BCUT2D eigenvalue weighted by Crippen LogP contribution is -2.40. The number of aromatic nitrogens is 4. The molecule has 0 bridgehead atoms. The number of hydrogen-bond donors (Lipinski definition) is 3. The summed E-state index contributed by atoms with van der Waals surface area (Å²) in [6, 6.07) is 0. The van der Waals surface area contributed by atoms with E-state index in [9.17, 15) is 14.7 Å². The van der Waals surface area contributed by atoms with Crippen molar-refractivity contribution in [1.82, 2.24) is 24.9 Å². The number of rotatable bonds is 4. The van der Waals surface area contributed by atoms with Crippen LogP contribution < -0.4 is 11.1 Å². The smallest absolute Gasteiger partial charge is 0.254 e. The van der Waals surface area contributed by atoms with Crippen molar-refractivity contribution in [3.63, 3.8) is 0 Å². The van der Waals surface area contributed by atoms with E-state index in [1.165, 1.54) is 17.0 Å². The Bertz CT molecular complexity index is 637. The van der Waals surface area contributed by atoms with Gasteiger partial charge in [-0.2, -0.15) is 10.1 Å². The number of nitrogens with zero attached hydrogens (tertiary/aromatic N) is 4. The number of fused-ring (bicyclic) bond motifs is 1. The van der Waals surface area contributed by atoms with Crippen LogP contribution in [0.1, 0.15) is 16.1 Å². The molecular weight excluding hydrogens is 252 g/mol. The van der Waals surface area contributed by atoms with E-state index in [1.54, 1.807) is 6.92 Å². The fourth-order valence-corrected chi connectivity index (χ4v) is 1.50. The van der Waals surface area contributed by atoms with Crippen LogP contribution in [0.3, 0.4) is 0 Å². The molecule has 0 aliphatic carbocycles. The lowest BCUT2D eigenvalue weighted by Gasteiger charge is -2.10. The van der Waals surface area contributed by atoms with Gasteiger partial charge < -0.3 is 16.2 Å². The van der Waals surface area contributed by atoms with Gasteiger partial charge in [-0.15, -0.1) is 0 Å². The lowest BCUT2D eigenvalue weighted by atomic mass is 10.2. The van der Waals surface area contributed by atoms with Crippen molar-refractivity contribution in [3.05, 3.63) is 23.8 Å². The third-order valence-electron chi connectivity index (χ3n) is 2.58. The molecule has 4 N–H and O–H groups in total. The zero-order valence-electron chi connectivity index (χ0n) is 10.1. The van der Waals surface area contributed by atoms with Gasteiger partial charge in [0.05, 0.1) is 17.8 Å². The fraction of sp³-hybridized carbons (Fsp3) is 0.300. The Morgan fingerprint density at radius 1 is 1.53 bits per heavy atom. The first-order valence-electron chi connectivity index (χ1n) is 5.41. The van der Waals surface area contributed by atoms with Crippen molar-refractivity contribution < 1.29 is 14.7 Å². The minimum atomic E-state index is -1.42. The van der Waals surface area contributed by atoms with E-state index in [1.807, 2.05) is 0 Å². The van der Waals surface area contributed by atoms with E-state index >= 15 is 0 Å². The second-order valence-electron chi connectivity index (χ2n) is 3.86. The largest absolute Gasteiger partial charge is 0.381 e. The predicted octanol–water partition coefficient (Wildman–Crippen LogP) is -1.99. The second kappa shape index (κ2) is 4.98. The highest BCUT2D eigenvalue weighted by atomic mass is 16.3. The average molecular weight is 264 g/mol. The summed E-state index contributed by atoms with van der Waals surface area (Å²) < 4.78 is 1.42. The van der Waals surface area contributed by atoms with E-state index < -0.39 is 17.9 Å². The maximum absolute atomic E-state index is 11.9. The average Bonchev–Trinajstić information content (AvgIpc) is 2.85. The van der Waals surface area contributed by atoms with E-state index in [-0.39, 0.29) is 12.1 Å². The molecule has 0 saturated heterocycles. The van der Waals surface area contributed by atoms with E-state index in [0.29, 0.717) is 11.5 Å². The van der Waals surface area contributed by atoms with Crippen molar-refractivity contribution in [2.45, 2.75) is 13.0 Å². The van der Waals surface area contributed by atoms with Crippen LogP contribution in [0.4, 0.5) is 0 Å². The van der Waals surface area contributed by atoms with Crippen LogP contribution in [0.5, 0.6) is 0 Å². The third kappa shape index (κ3) is 2.50. The van der Waals surface area contributed by atoms with Crippen LogP contribution in [0.25, 0.3) is 5.78 Å². The topological polar surface area (TPSA) is 135 Å². The zero-order valence-corrected chi connectivity index (χ0v) is 10.1. The van der Waals surface area contributed by atoms with E-state index in [4.69, 9.17) is 5.73 Å². The van der Waals surface area contributed by atoms with Gasteiger partial charge in [-0.05, 0) is 6.92 Å². The van der Waals surface area contributed by atoms with Gasteiger partial charge >= 0.3 is 0 Å². The summed E-state index contributed by atoms with van der Waals surface area (Å²) >= 11 is 0. The number of aliphatic hydroxyl groups excluding tert-OH is 1. The molecule has 2 amide bonds. The molecule has 2 heterocycles. The molecule has 0 aliphatic rings. The highest BCUT2D eigenvalue weighted by Crippen LogP contribution is 2.07. The first-order valence-corrected chi connectivity index (χ1v) is 5.41. The number of nitrogens with two attached hydrogens (primary N) is 1. The lowest BCUT2D eigenvalue weighted by molar-refractivity contribution is -0.125. The van der Waals surface area contributed by atoms with Crippen LogP contribution in [-0.2, 0) is 4.79 Å². The predicted molar refractivity (Wildman–Crippen MR) is 63.1 cm³/mol. The maximum Gasteiger partial charge on any atom is 0.254 e. The quantitative estimate of drug-likeness (QED) is 0.585. The summed E-state index contributed by atoms with van der Waals surface area (Å²) in [5.74, 6) is -1.00. The first-order chi connectivity index (χ1) is 9.00. The van der Waals surface area contributed by atoms with Crippen molar-refractivity contribution >= 4 is 17.6 Å². The van der Waals surface area contributed by atoms with Gasteiger partial charge in [0.2, 0.25) is 5.91 Å². The minimum Gasteiger partial charge on any atom is -0.381 e. The number of carbonyl (C=O) groups excluding carboxylic acids is 2. The number of hydrogen-bond acceptors (Lipinski definition) is 6. The van der Waals surface area contributed by atoms with Gasteiger partial charge in [0.15, 0.2) is 0 Å². The molecule has 9 heteroatoms. The van der Waals surface area contributed by atoms with Crippen molar-refractivity contribution in [1.29, 1.82) is 0 Å². The number of aryl methyl sites for hydroxylation is 1. The molecule has 2 rings (SSSR count). The summed E-state index contributed by atoms with van der Waals surface area (Å²) in [5.41, 5.74) is 5.70. The molecular formula is C10H12N6O3. The molecule has 0 radical (unpaired) electrons. The maximum atomic E-state index is 11.9. The fourth-order valence-electron chi connectivity index (χ4n) is 1.50. The summed E-state index contributed by atoms with van der Waals surface area (Å²) in [6.07, 6.45) is 1.26.